The predicted octanol–water partition coefficient (Wildman–Crippen LogP) is 5.92. The van der Waals surface area contributed by atoms with Crippen molar-refractivity contribution < 1.29 is 9.21 Å². The first kappa shape index (κ1) is 19.8. The van der Waals surface area contributed by atoms with Crippen LogP contribution < -0.4 is 5.43 Å². The van der Waals surface area contributed by atoms with Crippen LogP contribution in [0.25, 0.3) is 11.0 Å². The van der Waals surface area contributed by atoms with Gasteiger partial charge in [0, 0.05) is 11.0 Å². The number of amides is 1. The average molecular weight is 474 g/mol. The second-order valence-electron chi connectivity index (χ2n) is 7.98. The molecule has 0 bridgehead atoms. The van der Waals surface area contributed by atoms with Crippen molar-refractivity contribution in [2.24, 2.45) is 0 Å². The van der Waals surface area contributed by atoms with E-state index in [0.29, 0.717) is 23.1 Å². The van der Waals surface area contributed by atoms with E-state index in [2.05, 4.69) is 15.9 Å². The maximum absolute atomic E-state index is 13.6. The lowest BCUT2D eigenvalue weighted by Crippen LogP contribution is -2.29. The zero-order valence-corrected chi connectivity index (χ0v) is 18.8. The molecule has 1 amide bonds. The third-order valence-electron chi connectivity index (χ3n) is 5.94. The highest BCUT2D eigenvalue weighted by Gasteiger charge is 2.42. The zero-order valence-electron chi connectivity index (χ0n) is 17.2. The molecule has 0 aliphatic carbocycles. The first-order chi connectivity index (χ1) is 14.9. The Hall–Kier alpha value is -3.18. The molecule has 1 aliphatic rings. The first-order valence-corrected chi connectivity index (χ1v) is 10.9. The summed E-state index contributed by atoms with van der Waals surface area (Å²) in [4.78, 5) is 28.9. The molecule has 0 saturated carbocycles. The van der Waals surface area contributed by atoms with Crippen LogP contribution in [0.4, 0.5) is 0 Å². The fourth-order valence-corrected chi connectivity index (χ4v) is 4.66. The van der Waals surface area contributed by atoms with Crippen LogP contribution in [-0.2, 0) is 6.54 Å². The fraction of sp³-hybridized carbons (Fsp3) is 0.154. The van der Waals surface area contributed by atoms with Crippen molar-refractivity contribution in [3.05, 3.63) is 115 Å². The summed E-state index contributed by atoms with van der Waals surface area (Å²) in [5, 5.41) is 0.510. The molecule has 0 spiro atoms. The number of hydrogen-bond acceptors (Lipinski definition) is 3. The smallest absolute Gasteiger partial charge is 0.291 e. The van der Waals surface area contributed by atoms with Gasteiger partial charge in [-0.15, -0.1) is 0 Å². The van der Waals surface area contributed by atoms with E-state index in [0.717, 1.165) is 26.7 Å². The Labute approximate surface area is 188 Å². The van der Waals surface area contributed by atoms with Crippen molar-refractivity contribution >= 4 is 32.8 Å². The van der Waals surface area contributed by atoms with Crippen LogP contribution in [0.5, 0.6) is 0 Å². The number of carbonyl (C=O) groups excluding carboxylic acids is 1. The molecule has 2 heterocycles. The highest BCUT2D eigenvalue weighted by Crippen LogP contribution is 2.40. The van der Waals surface area contributed by atoms with Crippen LogP contribution in [0.3, 0.4) is 0 Å². The van der Waals surface area contributed by atoms with E-state index in [1.807, 2.05) is 80.6 Å². The van der Waals surface area contributed by atoms with Crippen molar-refractivity contribution in [1.29, 1.82) is 0 Å². The van der Waals surface area contributed by atoms with E-state index in [4.69, 9.17) is 4.42 Å². The normalized spacial score (nSPS) is 15.5. The van der Waals surface area contributed by atoms with Crippen LogP contribution in [0.1, 0.15) is 44.4 Å². The monoisotopic (exact) mass is 473 g/mol. The van der Waals surface area contributed by atoms with Crippen LogP contribution >= 0.6 is 15.9 Å². The molecule has 1 aromatic heterocycles. The SMILES string of the molecule is Cc1cc2oc3c(c(=O)c2cc1C)C(c1cccc(Br)c1)N(Cc1ccccc1)C3=O. The number of rotatable bonds is 3. The van der Waals surface area contributed by atoms with Gasteiger partial charge in [0.05, 0.1) is 17.0 Å². The number of fused-ring (bicyclic) bond motifs is 2. The summed E-state index contributed by atoms with van der Waals surface area (Å²) in [6, 6.07) is 20.7. The van der Waals surface area contributed by atoms with Crippen molar-refractivity contribution in [2.75, 3.05) is 0 Å². The molecule has 4 aromatic rings. The minimum atomic E-state index is -0.512. The molecule has 1 unspecified atom stereocenters. The van der Waals surface area contributed by atoms with E-state index in [1.165, 1.54) is 0 Å². The fourth-order valence-electron chi connectivity index (χ4n) is 4.24. The number of hydrogen-bond donors (Lipinski definition) is 0. The van der Waals surface area contributed by atoms with Gasteiger partial charge in [-0.2, -0.15) is 0 Å². The Kier molecular flexibility index (Phi) is 4.78. The van der Waals surface area contributed by atoms with Gasteiger partial charge in [0.2, 0.25) is 5.76 Å². The summed E-state index contributed by atoms with van der Waals surface area (Å²) < 4.78 is 6.97. The standard InChI is InChI=1S/C26H20BrNO3/c1-15-11-20-21(12-16(15)2)31-25-22(24(20)29)23(18-9-6-10-19(27)13-18)28(26(25)30)14-17-7-4-3-5-8-17/h3-13,23H,14H2,1-2H3. The molecule has 1 aliphatic heterocycles. The third kappa shape index (κ3) is 3.29. The van der Waals surface area contributed by atoms with Crippen molar-refractivity contribution in [1.82, 2.24) is 4.90 Å². The molecule has 5 heteroatoms. The number of aryl methyl sites for hydroxylation is 2. The van der Waals surface area contributed by atoms with Gasteiger partial charge in [-0.1, -0.05) is 58.4 Å². The van der Waals surface area contributed by atoms with E-state index in [1.54, 1.807) is 4.90 Å². The average Bonchev–Trinajstić information content (AvgIpc) is 3.03. The van der Waals surface area contributed by atoms with Gasteiger partial charge in [0.15, 0.2) is 5.43 Å². The zero-order chi connectivity index (χ0) is 21.7. The number of carbonyl (C=O) groups is 1. The Balaban J connectivity index is 1.76. The van der Waals surface area contributed by atoms with Gasteiger partial charge in [0.1, 0.15) is 5.58 Å². The highest BCUT2D eigenvalue weighted by atomic mass is 79.9. The Bertz CT molecular complexity index is 1390. The molecular weight excluding hydrogens is 454 g/mol. The van der Waals surface area contributed by atoms with Crippen LogP contribution in [0, 0.1) is 13.8 Å². The van der Waals surface area contributed by atoms with Gasteiger partial charge in [-0.05, 0) is 60.4 Å². The van der Waals surface area contributed by atoms with E-state index >= 15 is 0 Å². The quantitative estimate of drug-likeness (QED) is 0.371. The molecule has 4 nitrogen and oxygen atoms in total. The summed E-state index contributed by atoms with van der Waals surface area (Å²) in [5.74, 6) is -0.122. The summed E-state index contributed by atoms with van der Waals surface area (Å²) in [7, 11) is 0. The van der Waals surface area contributed by atoms with Gasteiger partial charge in [-0.25, -0.2) is 0 Å². The van der Waals surface area contributed by atoms with Gasteiger partial charge >= 0.3 is 0 Å². The van der Waals surface area contributed by atoms with Gasteiger partial charge in [0.25, 0.3) is 5.91 Å². The van der Waals surface area contributed by atoms with E-state index in [-0.39, 0.29) is 17.1 Å². The predicted molar refractivity (Wildman–Crippen MR) is 124 cm³/mol. The van der Waals surface area contributed by atoms with E-state index in [9.17, 15) is 9.59 Å². The lowest BCUT2D eigenvalue weighted by molar-refractivity contribution is 0.0714. The minimum absolute atomic E-state index is 0.140. The summed E-state index contributed by atoms with van der Waals surface area (Å²) in [6.45, 7) is 4.32. The Morgan fingerprint density at radius 2 is 1.68 bits per heavy atom. The summed E-state index contributed by atoms with van der Waals surface area (Å²) in [5.41, 5.74) is 4.62. The molecule has 0 N–H and O–H groups in total. The van der Waals surface area contributed by atoms with E-state index < -0.39 is 6.04 Å². The molecule has 31 heavy (non-hydrogen) atoms. The molecule has 0 radical (unpaired) electrons. The van der Waals surface area contributed by atoms with Crippen molar-refractivity contribution in [3.63, 3.8) is 0 Å². The Morgan fingerprint density at radius 1 is 0.935 bits per heavy atom. The minimum Gasteiger partial charge on any atom is -0.450 e. The highest BCUT2D eigenvalue weighted by molar-refractivity contribution is 9.10. The second-order valence-corrected chi connectivity index (χ2v) is 8.90. The lowest BCUT2D eigenvalue weighted by Gasteiger charge is -2.25. The van der Waals surface area contributed by atoms with Gasteiger partial charge < -0.3 is 9.32 Å². The molecule has 0 saturated heterocycles. The van der Waals surface area contributed by atoms with Crippen molar-refractivity contribution in [3.8, 4) is 0 Å². The first-order valence-electron chi connectivity index (χ1n) is 10.1. The lowest BCUT2D eigenvalue weighted by atomic mass is 9.97. The van der Waals surface area contributed by atoms with Gasteiger partial charge in [-0.3, -0.25) is 9.59 Å². The molecule has 0 fully saturated rings. The molecular formula is C26H20BrNO3. The summed E-state index contributed by atoms with van der Waals surface area (Å²) >= 11 is 3.52. The Morgan fingerprint density at radius 3 is 2.42 bits per heavy atom. The maximum atomic E-state index is 13.6. The molecule has 3 aromatic carbocycles. The number of benzene rings is 3. The van der Waals surface area contributed by atoms with Crippen molar-refractivity contribution in [2.45, 2.75) is 26.4 Å². The molecule has 154 valence electrons. The third-order valence-corrected chi connectivity index (χ3v) is 6.44. The number of nitrogens with zero attached hydrogens (tertiary/aromatic N) is 1. The maximum Gasteiger partial charge on any atom is 0.291 e. The largest absolute Gasteiger partial charge is 0.450 e. The van der Waals surface area contributed by atoms with Crippen LogP contribution in [-0.4, -0.2) is 10.8 Å². The molecule has 5 rings (SSSR count). The second kappa shape index (κ2) is 7.50. The number of halogens is 1. The van der Waals surface area contributed by atoms with Crippen LogP contribution in [0.15, 0.2) is 80.4 Å². The van der Waals surface area contributed by atoms with Crippen LogP contribution in [0.2, 0.25) is 0 Å². The summed E-state index contributed by atoms with van der Waals surface area (Å²) in [6.07, 6.45) is 0. The molecule has 1 atom stereocenters. The topological polar surface area (TPSA) is 50.5 Å².